The first kappa shape index (κ1) is 18.0. The van der Waals surface area contributed by atoms with Crippen LogP contribution >= 0.6 is 11.3 Å². The van der Waals surface area contributed by atoms with Gasteiger partial charge in [0.2, 0.25) is 0 Å². The molecule has 140 valence electrons. The molecule has 27 heavy (non-hydrogen) atoms. The Hall–Kier alpha value is -2.40. The lowest BCUT2D eigenvalue weighted by molar-refractivity contribution is 0.0790. The topological polar surface area (TPSA) is 38.1 Å². The van der Waals surface area contributed by atoms with Gasteiger partial charge >= 0.3 is 0 Å². The third-order valence-electron chi connectivity index (χ3n) is 5.10. The number of carbonyl (C=O) groups excluding carboxylic acids is 1. The van der Waals surface area contributed by atoms with Gasteiger partial charge in [0.05, 0.1) is 17.6 Å². The van der Waals surface area contributed by atoms with Crippen molar-refractivity contribution >= 4 is 17.2 Å². The van der Waals surface area contributed by atoms with Crippen LogP contribution in [0, 0.1) is 0 Å². The van der Waals surface area contributed by atoms with Gasteiger partial charge in [-0.3, -0.25) is 9.48 Å². The molecular formula is C22H25N3OS. The van der Waals surface area contributed by atoms with Crippen LogP contribution in [0.1, 0.15) is 50.5 Å². The number of hydrogen-bond acceptors (Lipinski definition) is 3. The lowest BCUT2D eigenvalue weighted by Crippen LogP contribution is -2.25. The Morgan fingerprint density at radius 2 is 1.96 bits per heavy atom. The van der Waals surface area contributed by atoms with E-state index in [4.69, 9.17) is 0 Å². The van der Waals surface area contributed by atoms with Gasteiger partial charge in [0.1, 0.15) is 0 Å². The Labute approximate surface area is 164 Å². The van der Waals surface area contributed by atoms with Crippen LogP contribution in [-0.4, -0.2) is 27.6 Å². The van der Waals surface area contributed by atoms with E-state index in [-0.39, 0.29) is 5.91 Å². The van der Waals surface area contributed by atoms with Gasteiger partial charge in [0, 0.05) is 30.2 Å². The fourth-order valence-electron chi connectivity index (χ4n) is 3.65. The lowest BCUT2D eigenvalue weighted by atomic mass is 10.1. The average molecular weight is 380 g/mol. The summed E-state index contributed by atoms with van der Waals surface area (Å²) in [5, 5.41) is 4.44. The molecule has 2 heterocycles. The van der Waals surface area contributed by atoms with Crippen molar-refractivity contribution < 1.29 is 4.79 Å². The van der Waals surface area contributed by atoms with Crippen molar-refractivity contribution in [1.82, 2.24) is 14.7 Å². The van der Waals surface area contributed by atoms with E-state index in [2.05, 4.69) is 23.3 Å². The molecule has 2 aromatic heterocycles. The van der Waals surface area contributed by atoms with E-state index in [1.165, 1.54) is 35.3 Å². The second-order valence-electron chi connectivity index (χ2n) is 7.31. The summed E-state index contributed by atoms with van der Waals surface area (Å²) in [6, 6.07) is 12.4. The number of benzene rings is 1. The molecular weight excluding hydrogens is 354 g/mol. The Morgan fingerprint density at radius 3 is 2.81 bits per heavy atom. The highest BCUT2D eigenvalue weighted by Gasteiger charge is 2.19. The molecule has 4 rings (SSSR count). The molecule has 0 N–H and O–H groups in total. The molecule has 0 saturated carbocycles. The zero-order valence-corrected chi connectivity index (χ0v) is 16.5. The van der Waals surface area contributed by atoms with Gasteiger partial charge < -0.3 is 4.90 Å². The molecule has 1 aromatic carbocycles. The third-order valence-corrected chi connectivity index (χ3v) is 6.32. The van der Waals surface area contributed by atoms with Gasteiger partial charge in [-0.15, -0.1) is 11.3 Å². The predicted molar refractivity (Wildman–Crippen MR) is 109 cm³/mol. The summed E-state index contributed by atoms with van der Waals surface area (Å²) in [4.78, 5) is 17.0. The van der Waals surface area contributed by atoms with E-state index >= 15 is 0 Å². The standard InChI is InChI=1S/C22H25N3OS/c1-24(22(26)21-12-19-10-6-3-7-11-20(19)27-21)14-18-13-23-25(16-18)15-17-8-4-2-5-9-17/h2,4-5,8-9,12-13,16H,3,6-7,10-11,14-15H2,1H3. The second-order valence-corrected chi connectivity index (χ2v) is 8.45. The van der Waals surface area contributed by atoms with E-state index in [0.717, 1.165) is 29.8 Å². The Bertz CT molecular complexity index is 889. The van der Waals surface area contributed by atoms with Crippen LogP contribution in [0.5, 0.6) is 0 Å². The molecule has 0 bridgehead atoms. The van der Waals surface area contributed by atoms with Crippen LogP contribution in [0.2, 0.25) is 0 Å². The number of amides is 1. The molecule has 0 radical (unpaired) electrons. The molecule has 1 aliphatic carbocycles. The van der Waals surface area contributed by atoms with Gasteiger partial charge in [-0.05, 0) is 42.9 Å². The molecule has 1 amide bonds. The number of hydrogen-bond donors (Lipinski definition) is 0. The van der Waals surface area contributed by atoms with Crippen molar-refractivity contribution in [1.29, 1.82) is 0 Å². The summed E-state index contributed by atoms with van der Waals surface area (Å²) < 4.78 is 1.93. The number of carbonyl (C=O) groups is 1. The number of thiophene rings is 1. The molecule has 0 fully saturated rings. The first-order valence-corrected chi connectivity index (χ1v) is 10.4. The maximum atomic E-state index is 12.9. The van der Waals surface area contributed by atoms with Crippen molar-refractivity contribution in [2.45, 2.75) is 45.2 Å². The highest BCUT2D eigenvalue weighted by molar-refractivity contribution is 7.14. The summed E-state index contributed by atoms with van der Waals surface area (Å²) >= 11 is 1.69. The minimum atomic E-state index is 0.115. The third kappa shape index (κ3) is 4.30. The molecule has 0 saturated heterocycles. The van der Waals surface area contributed by atoms with Crippen molar-refractivity contribution in [2.75, 3.05) is 7.05 Å². The molecule has 3 aromatic rings. The summed E-state index contributed by atoms with van der Waals surface area (Å²) in [5.41, 5.74) is 3.67. The first-order valence-electron chi connectivity index (χ1n) is 9.61. The number of rotatable bonds is 5. The quantitative estimate of drug-likeness (QED) is 0.611. The Balaban J connectivity index is 1.40. The van der Waals surface area contributed by atoms with Crippen LogP contribution < -0.4 is 0 Å². The first-order chi connectivity index (χ1) is 13.2. The van der Waals surface area contributed by atoms with Gasteiger partial charge in [-0.25, -0.2) is 0 Å². The molecule has 5 heteroatoms. The van der Waals surface area contributed by atoms with Crippen LogP contribution in [0.4, 0.5) is 0 Å². The fraction of sp³-hybridized carbons (Fsp3) is 0.364. The van der Waals surface area contributed by atoms with Crippen molar-refractivity contribution in [3.05, 3.63) is 75.2 Å². The number of aryl methyl sites for hydroxylation is 2. The molecule has 0 spiro atoms. The zero-order chi connectivity index (χ0) is 18.6. The maximum Gasteiger partial charge on any atom is 0.263 e. The van der Waals surface area contributed by atoms with Crippen LogP contribution in [0.15, 0.2) is 48.8 Å². The number of aromatic nitrogens is 2. The summed E-state index contributed by atoms with van der Waals surface area (Å²) in [5.74, 6) is 0.115. The molecule has 1 aliphatic rings. The van der Waals surface area contributed by atoms with Gasteiger partial charge in [0.15, 0.2) is 0 Å². The van der Waals surface area contributed by atoms with Crippen molar-refractivity contribution in [2.24, 2.45) is 0 Å². The van der Waals surface area contributed by atoms with E-state index in [0.29, 0.717) is 6.54 Å². The largest absolute Gasteiger partial charge is 0.337 e. The van der Waals surface area contributed by atoms with E-state index < -0.39 is 0 Å². The lowest BCUT2D eigenvalue weighted by Gasteiger charge is -2.15. The molecule has 0 atom stereocenters. The minimum Gasteiger partial charge on any atom is -0.337 e. The second kappa shape index (κ2) is 8.09. The molecule has 0 aliphatic heterocycles. The van der Waals surface area contributed by atoms with Crippen LogP contribution in [0.25, 0.3) is 0 Å². The summed E-state index contributed by atoms with van der Waals surface area (Å²) in [7, 11) is 1.88. The summed E-state index contributed by atoms with van der Waals surface area (Å²) in [6.07, 6.45) is 9.93. The van der Waals surface area contributed by atoms with E-state index in [9.17, 15) is 4.79 Å². The number of nitrogens with zero attached hydrogens (tertiary/aromatic N) is 3. The normalized spacial score (nSPS) is 13.8. The van der Waals surface area contributed by atoms with Crippen LogP contribution in [-0.2, 0) is 25.9 Å². The molecule has 0 unspecified atom stereocenters. The summed E-state index contributed by atoms with van der Waals surface area (Å²) in [6.45, 7) is 1.33. The van der Waals surface area contributed by atoms with Gasteiger partial charge in [0.25, 0.3) is 5.91 Å². The van der Waals surface area contributed by atoms with Crippen molar-refractivity contribution in [3.8, 4) is 0 Å². The highest BCUT2D eigenvalue weighted by atomic mass is 32.1. The monoisotopic (exact) mass is 379 g/mol. The van der Waals surface area contributed by atoms with E-state index in [1.54, 1.807) is 16.2 Å². The van der Waals surface area contributed by atoms with E-state index in [1.807, 2.05) is 42.3 Å². The smallest absolute Gasteiger partial charge is 0.263 e. The predicted octanol–water partition coefficient (Wildman–Crippen LogP) is 4.53. The number of fused-ring (bicyclic) bond motifs is 1. The fourth-order valence-corrected chi connectivity index (χ4v) is 4.90. The Morgan fingerprint density at radius 1 is 1.15 bits per heavy atom. The SMILES string of the molecule is CN(Cc1cnn(Cc2ccccc2)c1)C(=O)c1cc2c(s1)CCCCC2. The zero-order valence-electron chi connectivity index (χ0n) is 15.7. The van der Waals surface area contributed by atoms with Gasteiger partial charge in [-0.2, -0.15) is 5.10 Å². The highest BCUT2D eigenvalue weighted by Crippen LogP contribution is 2.29. The minimum absolute atomic E-state index is 0.115. The Kier molecular flexibility index (Phi) is 5.39. The average Bonchev–Trinajstić information content (AvgIpc) is 3.23. The van der Waals surface area contributed by atoms with Crippen molar-refractivity contribution in [3.63, 3.8) is 0 Å². The van der Waals surface area contributed by atoms with Crippen LogP contribution in [0.3, 0.4) is 0 Å². The molecule has 4 nitrogen and oxygen atoms in total. The maximum absolute atomic E-state index is 12.9. The van der Waals surface area contributed by atoms with Gasteiger partial charge in [-0.1, -0.05) is 36.8 Å².